The van der Waals surface area contributed by atoms with E-state index >= 15 is 8.78 Å². The fourth-order valence-corrected chi connectivity index (χ4v) is 5.40. The minimum Gasteiger partial charge on any atom is -0.247 e. The Bertz CT molecular complexity index is 2480. The number of hydrogen-bond donors (Lipinski definition) is 0. The Morgan fingerprint density at radius 1 is 0.689 bits per heavy atom. The zero-order chi connectivity index (χ0) is 31.4. The van der Waals surface area contributed by atoms with Crippen molar-refractivity contribution in [3.8, 4) is 45.6 Å². The predicted octanol–water partition coefficient (Wildman–Crippen LogP) is 8.78. The maximum atomic E-state index is 15.3. The van der Waals surface area contributed by atoms with E-state index in [9.17, 15) is 8.78 Å². The zero-order valence-electron chi connectivity index (χ0n) is 22.5. The van der Waals surface area contributed by atoms with Gasteiger partial charge in [-0.1, -0.05) is 48.5 Å². The van der Waals surface area contributed by atoms with Gasteiger partial charge >= 0.3 is 0 Å². The molecule has 0 saturated heterocycles. The van der Waals surface area contributed by atoms with Gasteiger partial charge in [-0.3, -0.25) is 0 Å². The van der Waals surface area contributed by atoms with Crippen molar-refractivity contribution in [3.63, 3.8) is 0 Å². The van der Waals surface area contributed by atoms with E-state index in [2.05, 4.69) is 21.2 Å². The predicted molar refractivity (Wildman–Crippen MR) is 156 cm³/mol. The Morgan fingerprint density at radius 2 is 1.33 bits per heavy atom. The fraction of sp³-hybridized carbons (Fsp3) is 0. The number of halogens is 4. The summed E-state index contributed by atoms with van der Waals surface area (Å²) in [5.74, 6) is -7.26. The Hall–Kier alpha value is -6.64. The van der Waals surface area contributed by atoms with Gasteiger partial charge < -0.3 is 0 Å². The highest BCUT2D eigenvalue weighted by atomic mass is 19.2. The van der Waals surface area contributed by atoms with Gasteiger partial charge in [0.25, 0.3) is 0 Å². The fourth-order valence-electron chi connectivity index (χ4n) is 5.40. The number of benzene rings is 5. The minimum absolute atomic E-state index is 0.0454. The van der Waals surface area contributed by atoms with Crippen molar-refractivity contribution < 1.29 is 22.2 Å². The molecule has 5 aromatic carbocycles. The van der Waals surface area contributed by atoms with Crippen LogP contribution in [0.1, 0.15) is 11.1 Å². The van der Waals surface area contributed by atoms with E-state index in [1.807, 2.05) is 12.1 Å². The molecule has 0 aliphatic carbocycles. The van der Waals surface area contributed by atoms with Gasteiger partial charge in [0.15, 0.2) is 29.0 Å². The summed E-state index contributed by atoms with van der Waals surface area (Å²) in [4.78, 5) is 8.31. The Kier molecular flexibility index (Phi) is 6.21. The molecule has 7 rings (SSSR count). The van der Waals surface area contributed by atoms with Gasteiger partial charge in [0.05, 0.1) is 35.0 Å². The Labute approximate surface area is 250 Å². The highest BCUT2D eigenvalue weighted by Gasteiger charge is 2.30. The van der Waals surface area contributed by atoms with E-state index in [1.165, 1.54) is 6.07 Å². The molecule has 0 fully saturated rings. The molecule has 0 spiro atoms. The third-order valence-corrected chi connectivity index (χ3v) is 7.55. The SMILES string of the molecule is [C-]#[N+]c1ccc(-c2nc3cc(-c4ccc(C#N)cc4)ccc3c3c2cc(-c2c(F)c(F)c(C#N)c(F)c2F)c2nonc23)cc1. The molecule has 11 heteroatoms. The molecular formula is C34H12F4N6O. The van der Waals surface area contributed by atoms with Crippen molar-refractivity contribution in [2.45, 2.75) is 0 Å². The van der Waals surface area contributed by atoms with Crippen LogP contribution in [-0.2, 0) is 0 Å². The summed E-state index contributed by atoms with van der Waals surface area (Å²) in [6.45, 7) is 7.30. The van der Waals surface area contributed by atoms with Crippen LogP contribution in [-0.4, -0.2) is 15.3 Å². The molecule has 0 atom stereocenters. The highest BCUT2D eigenvalue weighted by molar-refractivity contribution is 6.23. The van der Waals surface area contributed by atoms with Crippen molar-refractivity contribution in [2.75, 3.05) is 0 Å². The molecule has 7 nitrogen and oxygen atoms in total. The molecule has 7 aromatic rings. The van der Waals surface area contributed by atoms with Crippen LogP contribution in [0, 0.1) is 52.5 Å². The average Bonchev–Trinajstić information content (AvgIpc) is 3.57. The van der Waals surface area contributed by atoms with Crippen LogP contribution >= 0.6 is 0 Å². The first-order valence-corrected chi connectivity index (χ1v) is 13.1. The van der Waals surface area contributed by atoms with E-state index in [4.69, 9.17) is 26.7 Å². The van der Waals surface area contributed by atoms with Gasteiger partial charge in [0, 0.05) is 21.7 Å². The molecular weight excluding hydrogens is 584 g/mol. The van der Waals surface area contributed by atoms with Crippen LogP contribution in [0.2, 0.25) is 0 Å². The molecule has 0 unspecified atom stereocenters. The summed E-state index contributed by atoms with van der Waals surface area (Å²) in [6, 6.07) is 23.4. The molecule has 0 N–H and O–H groups in total. The number of hydrogen-bond acceptors (Lipinski definition) is 6. The number of aromatic nitrogens is 3. The maximum Gasteiger partial charge on any atom is 0.187 e. The van der Waals surface area contributed by atoms with Gasteiger partial charge in [0.2, 0.25) is 0 Å². The quantitative estimate of drug-likeness (QED) is 0.0874. The van der Waals surface area contributed by atoms with Crippen molar-refractivity contribution in [1.82, 2.24) is 15.3 Å². The normalized spacial score (nSPS) is 11.0. The summed E-state index contributed by atoms with van der Waals surface area (Å²) in [7, 11) is 0. The molecule has 0 amide bonds. The zero-order valence-corrected chi connectivity index (χ0v) is 22.5. The number of rotatable bonds is 3. The second kappa shape index (κ2) is 10.3. The monoisotopic (exact) mass is 596 g/mol. The van der Waals surface area contributed by atoms with Gasteiger partial charge in [-0.25, -0.2) is 32.0 Å². The highest BCUT2D eigenvalue weighted by Crippen LogP contribution is 2.43. The van der Waals surface area contributed by atoms with Crippen LogP contribution in [0.15, 0.2) is 77.4 Å². The first-order chi connectivity index (χ1) is 21.8. The second-order valence-corrected chi connectivity index (χ2v) is 9.97. The first kappa shape index (κ1) is 27.2. The second-order valence-electron chi connectivity index (χ2n) is 9.97. The average molecular weight is 597 g/mol. The molecule has 0 aliphatic heterocycles. The first-order valence-electron chi connectivity index (χ1n) is 13.1. The van der Waals surface area contributed by atoms with Gasteiger partial charge in [0.1, 0.15) is 22.7 Å². The van der Waals surface area contributed by atoms with E-state index in [0.717, 1.165) is 17.2 Å². The largest absolute Gasteiger partial charge is 0.247 e. The van der Waals surface area contributed by atoms with Crippen LogP contribution in [0.25, 0.3) is 71.1 Å². The van der Waals surface area contributed by atoms with E-state index < -0.39 is 34.4 Å². The summed E-state index contributed by atoms with van der Waals surface area (Å²) < 4.78 is 65.2. The molecule has 2 aromatic heterocycles. The van der Waals surface area contributed by atoms with Crippen molar-refractivity contribution in [2.24, 2.45) is 0 Å². The summed E-state index contributed by atoms with van der Waals surface area (Å²) in [6.07, 6.45) is 0. The van der Waals surface area contributed by atoms with Crippen molar-refractivity contribution in [1.29, 1.82) is 10.5 Å². The summed E-state index contributed by atoms with van der Waals surface area (Å²) in [5, 5.41) is 27.4. The third kappa shape index (κ3) is 4.13. The van der Waals surface area contributed by atoms with Crippen LogP contribution in [0.5, 0.6) is 0 Å². The Morgan fingerprint density at radius 3 is 1.98 bits per heavy atom. The van der Waals surface area contributed by atoms with Gasteiger partial charge in [-0.15, -0.1) is 0 Å². The minimum atomic E-state index is -1.85. The van der Waals surface area contributed by atoms with Crippen molar-refractivity contribution >= 4 is 38.4 Å². The topological polar surface area (TPSA) is 104 Å². The number of nitrogens with zero attached hydrogens (tertiary/aromatic N) is 6. The number of fused-ring (bicyclic) bond motifs is 5. The maximum absolute atomic E-state index is 15.3. The van der Waals surface area contributed by atoms with E-state index in [1.54, 1.807) is 54.6 Å². The molecule has 0 saturated carbocycles. The van der Waals surface area contributed by atoms with Gasteiger partial charge in [-0.2, -0.15) is 10.5 Å². The van der Waals surface area contributed by atoms with Crippen molar-refractivity contribution in [3.05, 3.63) is 119 Å². The third-order valence-electron chi connectivity index (χ3n) is 7.55. The molecule has 0 aliphatic rings. The van der Waals surface area contributed by atoms with Crippen LogP contribution in [0.4, 0.5) is 23.2 Å². The molecule has 0 bridgehead atoms. The Balaban J connectivity index is 1.60. The number of nitriles is 2. The number of pyridine rings is 1. The van der Waals surface area contributed by atoms with E-state index in [0.29, 0.717) is 44.2 Å². The molecule has 0 radical (unpaired) electrons. The lowest BCUT2D eigenvalue weighted by atomic mass is 9.92. The standard InChI is InChI=1S/C34H12F4N6O/c1-41-20-9-6-18(7-10-20)32-22-13-23(27-30(37)28(35)24(15-40)29(36)31(27)38)33-34(44-45-43-33)26(22)21-11-8-19(12-25(21)42-32)17-4-2-16(14-39)3-5-17/h2-13H. The van der Waals surface area contributed by atoms with Crippen LogP contribution in [0.3, 0.4) is 0 Å². The summed E-state index contributed by atoms with van der Waals surface area (Å²) >= 11 is 0. The lowest BCUT2D eigenvalue weighted by Gasteiger charge is -2.15. The van der Waals surface area contributed by atoms with Crippen LogP contribution < -0.4 is 0 Å². The molecule has 2 heterocycles. The smallest absolute Gasteiger partial charge is 0.187 e. The lowest BCUT2D eigenvalue weighted by Crippen LogP contribution is -2.04. The lowest BCUT2D eigenvalue weighted by molar-refractivity contribution is 0.316. The van der Waals surface area contributed by atoms with E-state index in [-0.39, 0.29) is 16.6 Å². The molecule has 212 valence electrons. The molecule has 45 heavy (non-hydrogen) atoms. The van der Waals surface area contributed by atoms with Gasteiger partial charge in [-0.05, 0) is 51.3 Å². The summed E-state index contributed by atoms with van der Waals surface area (Å²) in [5.41, 5.74) is 0.823.